The fraction of sp³-hybridized carbons (Fsp3) is 0.889. The van der Waals surface area contributed by atoms with E-state index in [9.17, 15) is 0 Å². The molecule has 0 aromatic rings. The minimum Gasteiger partial charge on any atom is -0.301 e. The van der Waals surface area contributed by atoms with Crippen LogP contribution in [0.5, 0.6) is 0 Å². The van der Waals surface area contributed by atoms with Gasteiger partial charge in [0.25, 0.3) is 0 Å². The number of nitrogens with one attached hydrogen (secondary N) is 1. The van der Waals surface area contributed by atoms with Gasteiger partial charge in [-0.25, -0.2) is 0 Å². The predicted octanol–water partition coefficient (Wildman–Crippen LogP) is 1.78. The number of nitriles is 1. The highest BCUT2D eigenvalue weighted by molar-refractivity contribution is 4.91. The van der Waals surface area contributed by atoms with Gasteiger partial charge >= 0.3 is 0 Å². The highest BCUT2D eigenvalue weighted by Gasteiger charge is 2.10. The second kappa shape index (κ2) is 5.15. The molecule has 0 rings (SSSR count). The summed E-state index contributed by atoms with van der Waals surface area (Å²) in [6, 6.07) is 2.26. The van der Waals surface area contributed by atoms with Gasteiger partial charge in [-0.1, -0.05) is 27.7 Å². The first-order chi connectivity index (χ1) is 5.07. The fourth-order valence-corrected chi connectivity index (χ4v) is 0.793. The maximum absolute atomic E-state index is 8.70. The van der Waals surface area contributed by atoms with E-state index >= 15 is 0 Å². The molecule has 0 aromatic heterocycles. The van der Waals surface area contributed by atoms with Crippen LogP contribution in [0.15, 0.2) is 0 Å². The van der Waals surface area contributed by atoms with Crippen LogP contribution in [0.2, 0.25) is 0 Å². The molecule has 0 heterocycles. The molecule has 0 saturated heterocycles. The molecule has 2 nitrogen and oxygen atoms in total. The van der Waals surface area contributed by atoms with E-state index < -0.39 is 0 Å². The standard InChI is InChI=1S/C9H18N2/c1-7(2)6-11-9(5-10)8(3)4/h7-9,11H,6H2,1-4H3. The molecule has 0 radical (unpaired) electrons. The summed E-state index contributed by atoms with van der Waals surface area (Å²) in [7, 11) is 0. The van der Waals surface area contributed by atoms with Crippen LogP contribution in [0.4, 0.5) is 0 Å². The summed E-state index contributed by atoms with van der Waals surface area (Å²) in [6.45, 7) is 9.32. The Labute approximate surface area is 69.6 Å². The van der Waals surface area contributed by atoms with Crippen molar-refractivity contribution in [3.63, 3.8) is 0 Å². The molecular weight excluding hydrogens is 136 g/mol. The van der Waals surface area contributed by atoms with E-state index in [1.54, 1.807) is 0 Å². The molecule has 0 fully saturated rings. The van der Waals surface area contributed by atoms with Crippen molar-refractivity contribution in [2.24, 2.45) is 11.8 Å². The molecule has 1 atom stereocenters. The average molecular weight is 154 g/mol. The molecular formula is C9H18N2. The van der Waals surface area contributed by atoms with Gasteiger partial charge in [0.1, 0.15) is 0 Å². The van der Waals surface area contributed by atoms with E-state index in [1.165, 1.54) is 0 Å². The van der Waals surface area contributed by atoms with Gasteiger partial charge < -0.3 is 5.32 Å². The van der Waals surface area contributed by atoms with Gasteiger partial charge in [-0.05, 0) is 18.4 Å². The van der Waals surface area contributed by atoms with Crippen molar-refractivity contribution in [2.75, 3.05) is 6.54 Å². The van der Waals surface area contributed by atoms with Crippen LogP contribution in [-0.2, 0) is 0 Å². The lowest BCUT2D eigenvalue weighted by Crippen LogP contribution is -2.34. The SMILES string of the molecule is CC(C)CNC(C#N)C(C)C. The first-order valence-corrected chi connectivity index (χ1v) is 4.21. The molecule has 0 bridgehead atoms. The Morgan fingerprint density at radius 1 is 1.27 bits per heavy atom. The molecule has 11 heavy (non-hydrogen) atoms. The predicted molar refractivity (Wildman–Crippen MR) is 47.1 cm³/mol. The zero-order valence-electron chi connectivity index (χ0n) is 7.89. The Morgan fingerprint density at radius 2 is 1.82 bits per heavy atom. The van der Waals surface area contributed by atoms with Gasteiger partial charge in [0, 0.05) is 0 Å². The third kappa shape index (κ3) is 4.80. The maximum atomic E-state index is 8.70. The maximum Gasteiger partial charge on any atom is 0.0976 e. The van der Waals surface area contributed by atoms with Crippen LogP contribution in [0, 0.1) is 23.2 Å². The fourth-order valence-electron chi connectivity index (χ4n) is 0.793. The largest absolute Gasteiger partial charge is 0.301 e. The summed E-state index contributed by atoms with van der Waals surface area (Å²) < 4.78 is 0. The third-order valence-electron chi connectivity index (χ3n) is 1.55. The summed E-state index contributed by atoms with van der Waals surface area (Å²) in [5, 5.41) is 11.9. The molecule has 0 saturated carbocycles. The lowest BCUT2D eigenvalue weighted by Gasteiger charge is -2.15. The van der Waals surface area contributed by atoms with Crippen LogP contribution in [0.25, 0.3) is 0 Å². The smallest absolute Gasteiger partial charge is 0.0976 e. The molecule has 0 aromatic carbocycles. The van der Waals surface area contributed by atoms with Crippen LogP contribution >= 0.6 is 0 Å². The Morgan fingerprint density at radius 3 is 2.09 bits per heavy atom. The number of hydrogen-bond donors (Lipinski definition) is 1. The molecule has 2 heteroatoms. The number of rotatable bonds is 4. The Hall–Kier alpha value is -0.550. The van der Waals surface area contributed by atoms with E-state index in [1.807, 2.05) is 0 Å². The highest BCUT2D eigenvalue weighted by Crippen LogP contribution is 2.00. The molecule has 0 aliphatic carbocycles. The van der Waals surface area contributed by atoms with E-state index in [0.29, 0.717) is 11.8 Å². The lowest BCUT2D eigenvalue weighted by atomic mass is 10.1. The van der Waals surface area contributed by atoms with Crippen molar-refractivity contribution >= 4 is 0 Å². The van der Waals surface area contributed by atoms with E-state index in [2.05, 4.69) is 39.1 Å². The Balaban J connectivity index is 3.64. The molecule has 0 amide bonds. The van der Waals surface area contributed by atoms with Gasteiger partial charge in [-0.3, -0.25) is 0 Å². The first kappa shape index (κ1) is 10.4. The third-order valence-corrected chi connectivity index (χ3v) is 1.55. The topological polar surface area (TPSA) is 35.8 Å². The summed E-state index contributed by atoms with van der Waals surface area (Å²) in [6.07, 6.45) is 0. The van der Waals surface area contributed by atoms with E-state index in [4.69, 9.17) is 5.26 Å². The second-order valence-electron chi connectivity index (χ2n) is 3.65. The van der Waals surface area contributed by atoms with Crippen molar-refractivity contribution < 1.29 is 0 Å². The van der Waals surface area contributed by atoms with E-state index in [-0.39, 0.29) is 6.04 Å². The van der Waals surface area contributed by atoms with E-state index in [0.717, 1.165) is 6.54 Å². The minimum absolute atomic E-state index is 0.0115. The van der Waals surface area contributed by atoms with Crippen molar-refractivity contribution in [1.29, 1.82) is 5.26 Å². The zero-order chi connectivity index (χ0) is 8.85. The number of nitrogens with zero attached hydrogens (tertiary/aromatic N) is 1. The summed E-state index contributed by atoms with van der Waals surface area (Å²) >= 11 is 0. The van der Waals surface area contributed by atoms with Gasteiger partial charge in [0.2, 0.25) is 0 Å². The normalized spacial score (nSPS) is 13.5. The van der Waals surface area contributed by atoms with Crippen LogP contribution in [-0.4, -0.2) is 12.6 Å². The molecule has 0 spiro atoms. The van der Waals surface area contributed by atoms with Gasteiger partial charge in [0.05, 0.1) is 12.1 Å². The Kier molecular flexibility index (Phi) is 4.89. The molecule has 64 valence electrons. The summed E-state index contributed by atoms with van der Waals surface area (Å²) in [4.78, 5) is 0. The van der Waals surface area contributed by atoms with Gasteiger partial charge in [0.15, 0.2) is 0 Å². The molecule has 0 aliphatic rings. The molecule has 0 aliphatic heterocycles. The monoisotopic (exact) mass is 154 g/mol. The Bertz CT molecular complexity index is 133. The van der Waals surface area contributed by atoms with Gasteiger partial charge in [-0.15, -0.1) is 0 Å². The minimum atomic E-state index is 0.0115. The van der Waals surface area contributed by atoms with Crippen molar-refractivity contribution in [2.45, 2.75) is 33.7 Å². The summed E-state index contributed by atoms with van der Waals surface area (Å²) in [5.41, 5.74) is 0. The second-order valence-corrected chi connectivity index (χ2v) is 3.65. The van der Waals surface area contributed by atoms with Crippen molar-refractivity contribution in [3.05, 3.63) is 0 Å². The molecule has 1 unspecified atom stereocenters. The highest BCUT2D eigenvalue weighted by atomic mass is 14.9. The number of hydrogen-bond acceptors (Lipinski definition) is 2. The van der Waals surface area contributed by atoms with Gasteiger partial charge in [-0.2, -0.15) is 5.26 Å². The van der Waals surface area contributed by atoms with Crippen molar-refractivity contribution in [1.82, 2.24) is 5.32 Å². The summed E-state index contributed by atoms with van der Waals surface area (Å²) in [5.74, 6) is 1.02. The van der Waals surface area contributed by atoms with Crippen LogP contribution < -0.4 is 5.32 Å². The zero-order valence-corrected chi connectivity index (χ0v) is 7.89. The van der Waals surface area contributed by atoms with Crippen LogP contribution in [0.1, 0.15) is 27.7 Å². The first-order valence-electron chi connectivity index (χ1n) is 4.21. The lowest BCUT2D eigenvalue weighted by molar-refractivity contribution is 0.438. The van der Waals surface area contributed by atoms with Crippen LogP contribution in [0.3, 0.4) is 0 Å². The quantitative estimate of drug-likeness (QED) is 0.670. The average Bonchev–Trinajstić information content (AvgIpc) is 1.87. The molecule has 1 N–H and O–H groups in total. The van der Waals surface area contributed by atoms with Crippen molar-refractivity contribution in [3.8, 4) is 6.07 Å².